The number of methoxy groups -OCH3 is 1. The lowest BCUT2D eigenvalue weighted by atomic mass is 9.92. The molecule has 4 N–H and O–H groups in total. The zero-order chi connectivity index (χ0) is 38.4. The lowest BCUT2D eigenvalue weighted by molar-refractivity contribution is 0.0937. The minimum Gasteiger partial charge on any atom is -0.506 e. The van der Waals surface area contributed by atoms with E-state index in [0.717, 1.165) is 22.4 Å². The summed E-state index contributed by atoms with van der Waals surface area (Å²) in [7, 11) is 1.56. The van der Waals surface area contributed by atoms with Crippen molar-refractivity contribution in [3.8, 4) is 22.9 Å². The molecule has 0 aliphatic heterocycles. The first kappa shape index (κ1) is 38.9. The van der Waals surface area contributed by atoms with Crippen LogP contribution in [0.15, 0.2) is 77.6 Å². The van der Waals surface area contributed by atoms with Gasteiger partial charge in [0.2, 0.25) is 0 Å². The van der Waals surface area contributed by atoms with Crippen LogP contribution in [-0.2, 0) is 23.3 Å². The maximum atomic E-state index is 13.6. The average molecular weight is 762 g/mol. The number of ether oxygens (including phenoxy) is 2. The van der Waals surface area contributed by atoms with Crippen molar-refractivity contribution in [1.82, 2.24) is 25.0 Å². The minimum absolute atomic E-state index is 0.0695. The third kappa shape index (κ3) is 9.20. The molecule has 14 heteroatoms. The Morgan fingerprint density at radius 1 is 0.943 bits per heavy atom. The molecule has 0 aliphatic carbocycles. The van der Waals surface area contributed by atoms with Crippen LogP contribution in [0.4, 0.5) is 10.6 Å². The first-order valence-corrected chi connectivity index (χ1v) is 17.6. The first-order chi connectivity index (χ1) is 25.2. The van der Waals surface area contributed by atoms with Crippen LogP contribution in [0.1, 0.15) is 59.2 Å². The summed E-state index contributed by atoms with van der Waals surface area (Å²) in [5.41, 5.74) is 4.26. The maximum absolute atomic E-state index is 13.6. The number of carbonyl (C=O) groups is 2. The van der Waals surface area contributed by atoms with Crippen molar-refractivity contribution in [2.75, 3.05) is 25.6 Å². The van der Waals surface area contributed by atoms with Gasteiger partial charge >= 0.3 is 6.03 Å². The van der Waals surface area contributed by atoms with E-state index in [-0.39, 0.29) is 46.0 Å². The largest absolute Gasteiger partial charge is 0.506 e. The Morgan fingerprint density at radius 2 is 1.68 bits per heavy atom. The van der Waals surface area contributed by atoms with Crippen LogP contribution >= 0.6 is 23.2 Å². The normalized spacial score (nSPS) is 11.3. The van der Waals surface area contributed by atoms with E-state index in [0.29, 0.717) is 41.6 Å². The number of rotatable bonds is 12. The monoisotopic (exact) mass is 760 g/mol. The van der Waals surface area contributed by atoms with Crippen molar-refractivity contribution in [3.05, 3.63) is 127 Å². The molecule has 0 unspecified atom stereocenters. The molecule has 0 bridgehead atoms. The quantitative estimate of drug-likeness (QED) is 0.0981. The molecule has 5 aromatic rings. The second-order valence-corrected chi connectivity index (χ2v) is 14.2. The summed E-state index contributed by atoms with van der Waals surface area (Å²) in [4.78, 5) is 39.5. The summed E-state index contributed by atoms with van der Waals surface area (Å²) in [6.07, 6.45) is 0. The Kier molecular flexibility index (Phi) is 12.2. The highest BCUT2D eigenvalue weighted by atomic mass is 35.5. The molecule has 0 saturated heterocycles. The molecule has 12 nitrogen and oxygen atoms in total. The Hall–Kier alpha value is -5.30. The van der Waals surface area contributed by atoms with Crippen LogP contribution in [0.3, 0.4) is 0 Å². The van der Waals surface area contributed by atoms with Crippen molar-refractivity contribution in [2.24, 2.45) is 0 Å². The summed E-state index contributed by atoms with van der Waals surface area (Å²) in [6.45, 7) is 10.6. The van der Waals surface area contributed by atoms with Gasteiger partial charge in [-0.2, -0.15) is 5.10 Å². The average Bonchev–Trinajstić information content (AvgIpc) is 3.55. The van der Waals surface area contributed by atoms with Crippen LogP contribution in [0.2, 0.25) is 10.0 Å². The third-order valence-electron chi connectivity index (χ3n) is 8.44. The zero-order valence-electron chi connectivity index (χ0n) is 30.3. The van der Waals surface area contributed by atoms with Gasteiger partial charge in [0.1, 0.15) is 28.9 Å². The highest BCUT2D eigenvalue weighted by Gasteiger charge is 2.22. The molecule has 0 aliphatic rings. The van der Waals surface area contributed by atoms with Crippen molar-refractivity contribution in [3.63, 3.8) is 0 Å². The van der Waals surface area contributed by atoms with Gasteiger partial charge in [0.05, 0.1) is 28.7 Å². The highest BCUT2D eigenvalue weighted by molar-refractivity contribution is 6.32. The molecule has 2 aromatic heterocycles. The van der Waals surface area contributed by atoms with Gasteiger partial charge in [0.15, 0.2) is 0 Å². The topological polar surface area (TPSA) is 149 Å². The molecule has 278 valence electrons. The standard InChI is InChI=1S/C39H42Cl2N6O6/c1-23-11-12-25(36(49)42-15-16-52-6)18-30(23)46-24(2)17-32(35(41)37(46)50)53-22-27-10-8-7-9-26(27)21-43-38(51)44-34-20-33(39(3,4)5)45-47(34)28-13-14-29(40)31(48)19-28/h7-14,17-20,48H,15-16,21-22H2,1-6H3,(H,42,49)(H2,43,44,51). The summed E-state index contributed by atoms with van der Waals surface area (Å²) in [5.74, 6) is 0.209. The number of halogens is 2. The van der Waals surface area contributed by atoms with Crippen LogP contribution in [-0.4, -0.2) is 51.7 Å². The van der Waals surface area contributed by atoms with Gasteiger partial charge in [-0.1, -0.05) is 74.3 Å². The number of carbonyl (C=O) groups excluding carboxylic acids is 2. The van der Waals surface area contributed by atoms with Crippen LogP contribution in [0.25, 0.3) is 11.4 Å². The van der Waals surface area contributed by atoms with Gasteiger partial charge in [0.25, 0.3) is 11.5 Å². The van der Waals surface area contributed by atoms with Gasteiger partial charge in [-0.05, 0) is 54.8 Å². The van der Waals surface area contributed by atoms with E-state index in [1.165, 1.54) is 15.3 Å². The van der Waals surface area contributed by atoms with E-state index in [2.05, 4.69) is 21.0 Å². The number of nitrogens with zero attached hydrogens (tertiary/aromatic N) is 3. The Balaban J connectivity index is 1.30. The van der Waals surface area contributed by atoms with E-state index >= 15 is 0 Å². The fourth-order valence-electron chi connectivity index (χ4n) is 5.47. The molecular formula is C39H42Cl2N6O6. The van der Waals surface area contributed by atoms with Gasteiger partial charge in [0, 0.05) is 55.1 Å². The van der Waals surface area contributed by atoms with Crippen molar-refractivity contribution < 1.29 is 24.2 Å². The number of aryl methyl sites for hydroxylation is 2. The fourth-order valence-corrected chi connectivity index (χ4v) is 5.79. The molecule has 5 rings (SSSR count). The van der Waals surface area contributed by atoms with E-state index < -0.39 is 11.6 Å². The number of aromatic nitrogens is 3. The first-order valence-electron chi connectivity index (χ1n) is 16.8. The number of phenols is 1. The fraction of sp³-hybridized carbons (Fsp3) is 0.282. The Labute approximate surface area is 317 Å². The number of hydrogen-bond acceptors (Lipinski definition) is 7. The zero-order valence-corrected chi connectivity index (χ0v) is 31.9. The van der Waals surface area contributed by atoms with E-state index in [1.54, 1.807) is 56.5 Å². The van der Waals surface area contributed by atoms with E-state index in [4.69, 9.17) is 32.7 Å². The lowest BCUT2D eigenvalue weighted by Gasteiger charge is -2.18. The van der Waals surface area contributed by atoms with Crippen LogP contribution in [0.5, 0.6) is 11.5 Å². The second-order valence-electron chi connectivity index (χ2n) is 13.4. The predicted octanol–water partition coefficient (Wildman–Crippen LogP) is 7.23. The number of anilines is 1. The predicted molar refractivity (Wildman–Crippen MR) is 206 cm³/mol. The summed E-state index contributed by atoms with van der Waals surface area (Å²) in [6, 6.07) is 20.3. The van der Waals surface area contributed by atoms with Crippen molar-refractivity contribution >= 4 is 41.0 Å². The Bertz CT molecular complexity index is 2210. The Morgan fingerprint density at radius 3 is 2.38 bits per heavy atom. The van der Waals surface area contributed by atoms with Gasteiger partial charge in [-0.25, -0.2) is 9.48 Å². The number of nitrogens with one attached hydrogen (secondary N) is 3. The van der Waals surface area contributed by atoms with Gasteiger partial charge < -0.3 is 25.2 Å². The number of urea groups is 1. The lowest BCUT2D eigenvalue weighted by Crippen LogP contribution is -2.29. The van der Waals surface area contributed by atoms with E-state index in [9.17, 15) is 19.5 Å². The molecular weight excluding hydrogens is 719 g/mol. The number of amides is 3. The van der Waals surface area contributed by atoms with Gasteiger partial charge in [-0.15, -0.1) is 0 Å². The smallest absolute Gasteiger partial charge is 0.320 e. The number of phenolic OH excluding ortho intramolecular Hbond substituents is 1. The molecule has 2 heterocycles. The summed E-state index contributed by atoms with van der Waals surface area (Å²) < 4.78 is 14.1. The van der Waals surface area contributed by atoms with E-state index in [1.807, 2.05) is 52.0 Å². The maximum Gasteiger partial charge on any atom is 0.320 e. The molecule has 53 heavy (non-hydrogen) atoms. The summed E-state index contributed by atoms with van der Waals surface area (Å²) in [5, 5.41) is 23.5. The minimum atomic E-state index is -0.490. The molecule has 3 aromatic carbocycles. The molecule has 0 saturated carbocycles. The number of aromatic hydroxyl groups is 1. The van der Waals surface area contributed by atoms with Gasteiger partial charge in [-0.3, -0.25) is 19.5 Å². The van der Waals surface area contributed by atoms with Crippen LogP contribution in [0, 0.1) is 13.8 Å². The molecule has 0 spiro atoms. The highest BCUT2D eigenvalue weighted by Crippen LogP contribution is 2.31. The molecule has 0 radical (unpaired) electrons. The van der Waals surface area contributed by atoms with Crippen LogP contribution < -0.4 is 26.2 Å². The SMILES string of the molecule is COCCNC(=O)c1ccc(C)c(-n2c(C)cc(OCc3ccccc3CNC(=O)Nc3cc(C(C)(C)C)nn3-c3ccc(Cl)c(O)c3)c(Cl)c2=O)c1. The molecule has 0 fully saturated rings. The van der Waals surface area contributed by atoms with Crippen molar-refractivity contribution in [2.45, 2.75) is 53.2 Å². The number of hydrogen-bond donors (Lipinski definition) is 4. The number of benzene rings is 3. The summed E-state index contributed by atoms with van der Waals surface area (Å²) >= 11 is 12.6. The molecule has 0 atom stereocenters. The third-order valence-corrected chi connectivity index (χ3v) is 9.11. The second kappa shape index (κ2) is 16.6. The molecule has 3 amide bonds. The number of pyridine rings is 1. The van der Waals surface area contributed by atoms with Crippen molar-refractivity contribution in [1.29, 1.82) is 0 Å².